The number of hydrogen-bond acceptors (Lipinski definition) is 1. The molecule has 0 amide bonds. The molecule has 238 valence electrons. The Hall–Kier alpha value is -3.97. The first-order chi connectivity index (χ1) is 21.3. The van der Waals surface area contributed by atoms with Gasteiger partial charge in [0.1, 0.15) is 0 Å². The lowest BCUT2D eigenvalue weighted by molar-refractivity contribution is 0.589. The summed E-state index contributed by atoms with van der Waals surface area (Å²) in [5.41, 5.74) is 14.9. The molecule has 0 fully saturated rings. The summed E-state index contributed by atoms with van der Waals surface area (Å²) >= 11 is 0. The molecule has 0 saturated heterocycles. The maximum absolute atomic E-state index is 5.14. The minimum Gasteiger partial charge on any atom is -0.256 e. The van der Waals surface area contributed by atoms with E-state index in [1.165, 1.54) is 50.1 Å². The lowest BCUT2D eigenvalue weighted by Gasteiger charge is -2.25. The van der Waals surface area contributed by atoms with Gasteiger partial charge in [-0.2, -0.15) is 0 Å². The quantitative estimate of drug-likeness (QED) is 0.198. The summed E-state index contributed by atoms with van der Waals surface area (Å²) in [6, 6.07) is 36.5. The molecule has 0 N–H and O–H groups in total. The minimum absolute atomic E-state index is 0.0237. The van der Waals surface area contributed by atoms with Gasteiger partial charge in [0.05, 0.1) is 5.69 Å². The van der Waals surface area contributed by atoms with Crippen LogP contribution in [0.1, 0.15) is 105 Å². The Labute approximate surface area is 279 Å². The van der Waals surface area contributed by atoms with Crippen molar-refractivity contribution in [1.29, 1.82) is 0 Å². The lowest BCUT2D eigenvalue weighted by atomic mass is 9.80. The molecule has 1 aromatic heterocycles. The second kappa shape index (κ2) is 12.0. The smallest absolute Gasteiger partial charge is 0.0786 e. The highest BCUT2D eigenvalue weighted by Gasteiger charge is 2.24. The van der Waals surface area contributed by atoms with Gasteiger partial charge in [-0.05, 0) is 89.9 Å². The Morgan fingerprint density at radius 3 is 1.22 bits per heavy atom. The number of benzene rings is 4. The van der Waals surface area contributed by atoms with Crippen LogP contribution in [0.2, 0.25) is 0 Å². The molecule has 0 radical (unpaired) electrons. The van der Waals surface area contributed by atoms with Crippen LogP contribution in [0.25, 0.3) is 44.6 Å². The van der Waals surface area contributed by atoms with Crippen LogP contribution in [0.4, 0.5) is 0 Å². The van der Waals surface area contributed by atoms with Gasteiger partial charge in [0, 0.05) is 17.3 Å². The summed E-state index contributed by atoms with van der Waals surface area (Å²) in [6.07, 6.45) is 1.94. The number of pyridine rings is 1. The van der Waals surface area contributed by atoms with Crippen LogP contribution in [0, 0.1) is 0 Å². The van der Waals surface area contributed by atoms with E-state index in [0.29, 0.717) is 0 Å². The molecule has 0 unspecified atom stereocenters. The molecule has 0 aliphatic heterocycles. The van der Waals surface area contributed by atoms with E-state index in [9.17, 15) is 0 Å². The molecule has 5 rings (SSSR count). The van der Waals surface area contributed by atoms with Crippen LogP contribution >= 0.6 is 0 Å². The van der Waals surface area contributed by atoms with Gasteiger partial charge >= 0.3 is 0 Å². The monoisotopic (exact) mass is 607 g/mol. The van der Waals surface area contributed by atoms with Crippen LogP contribution in [0.5, 0.6) is 0 Å². The summed E-state index contributed by atoms with van der Waals surface area (Å²) in [4.78, 5) is 5.14. The second-order valence-corrected chi connectivity index (χ2v) is 17.1. The van der Waals surface area contributed by atoms with E-state index in [4.69, 9.17) is 4.98 Å². The number of rotatable bonds is 4. The maximum atomic E-state index is 5.14. The average Bonchev–Trinajstić information content (AvgIpc) is 2.99. The van der Waals surface area contributed by atoms with Crippen molar-refractivity contribution in [1.82, 2.24) is 4.98 Å². The van der Waals surface area contributed by atoms with Gasteiger partial charge in [0.15, 0.2) is 0 Å². The third-order valence-electron chi connectivity index (χ3n) is 9.20. The summed E-state index contributed by atoms with van der Waals surface area (Å²) in [7, 11) is 0. The van der Waals surface area contributed by atoms with Crippen LogP contribution in [-0.2, 0) is 21.7 Å². The van der Waals surface area contributed by atoms with E-state index in [-0.39, 0.29) is 21.7 Å². The Kier molecular flexibility index (Phi) is 8.71. The van der Waals surface area contributed by atoms with Crippen molar-refractivity contribution in [3.05, 3.63) is 126 Å². The third kappa shape index (κ3) is 7.05. The molecule has 5 aromatic rings. The van der Waals surface area contributed by atoms with Gasteiger partial charge in [0.2, 0.25) is 0 Å². The van der Waals surface area contributed by atoms with Crippen molar-refractivity contribution < 1.29 is 0 Å². The lowest BCUT2D eigenvalue weighted by Crippen LogP contribution is -2.12. The van der Waals surface area contributed by atoms with Gasteiger partial charge in [-0.1, -0.05) is 162 Å². The van der Waals surface area contributed by atoms with Crippen molar-refractivity contribution in [2.24, 2.45) is 0 Å². The van der Waals surface area contributed by atoms with Gasteiger partial charge in [-0.25, -0.2) is 0 Å². The van der Waals surface area contributed by atoms with Gasteiger partial charge in [0.25, 0.3) is 0 Å². The molecule has 1 nitrogen and oxygen atoms in total. The molecule has 0 aliphatic carbocycles. The Morgan fingerprint density at radius 2 is 0.761 bits per heavy atom. The number of nitrogens with zero attached hydrogens (tertiary/aromatic N) is 1. The van der Waals surface area contributed by atoms with E-state index in [0.717, 1.165) is 16.8 Å². The van der Waals surface area contributed by atoms with Crippen LogP contribution in [0.15, 0.2) is 103 Å². The first kappa shape index (κ1) is 33.4. The summed E-state index contributed by atoms with van der Waals surface area (Å²) in [5, 5.41) is 0. The fraction of sp³-hybridized carbons (Fsp3) is 0.356. The van der Waals surface area contributed by atoms with Gasteiger partial charge < -0.3 is 0 Å². The average molecular weight is 608 g/mol. The second-order valence-electron chi connectivity index (χ2n) is 17.1. The third-order valence-corrected chi connectivity index (χ3v) is 9.20. The minimum atomic E-state index is 0.0237. The fourth-order valence-electron chi connectivity index (χ4n) is 6.08. The van der Waals surface area contributed by atoms with Crippen molar-refractivity contribution in [3.8, 4) is 44.6 Å². The highest BCUT2D eigenvalue weighted by atomic mass is 14.7. The standard InChI is InChI=1S/C45H53N/c1-42(2,3)32-18-13-16-30(26-32)39-28-34(44(7,8)9)21-23-36(39)37-20-15-25-46-41(37)38-24-22-35(45(10,11)12)29-40(38)31-17-14-19-33(27-31)43(4,5)6/h13-29H,1-12H3. The predicted octanol–water partition coefficient (Wildman–Crippen LogP) is 12.9. The molecule has 0 saturated carbocycles. The van der Waals surface area contributed by atoms with E-state index in [1.54, 1.807) is 0 Å². The van der Waals surface area contributed by atoms with Crippen molar-refractivity contribution in [2.75, 3.05) is 0 Å². The predicted molar refractivity (Wildman–Crippen MR) is 201 cm³/mol. The van der Waals surface area contributed by atoms with Crippen LogP contribution < -0.4 is 0 Å². The first-order valence-electron chi connectivity index (χ1n) is 16.8. The van der Waals surface area contributed by atoms with Gasteiger partial charge in [-0.3, -0.25) is 4.98 Å². The zero-order chi connectivity index (χ0) is 33.7. The molecular weight excluding hydrogens is 555 g/mol. The van der Waals surface area contributed by atoms with Crippen LogP contribution in [-0.4, -0.2) is 4.98 Å². The molecule has 46 heavy (non-hydrogen) atoms. The Morgan fingerprint density at radius 1 is 0.348 bits per heavy atom. The van der Waals surface area contributed by atoms with Crippen molar-refractivity contribution >= 4 is 0 Å². The van der Waals surface area contributed by atoms with Crippen LogP contribution in [0.3, 0.4) is 0 Å². The molecule has 0 bridgehead atoms. The molecule has 0 spiro atoms. The summed E-state index contributed by atoms with van der Waals surface area (Å²) in [5.74, 6) is 0. The molecule has 4 aromatic carbocycles. The Bertz CT molecular complexity index is 1720. The van der Waals surface area contributed by atoms with E-state index in [1.807, 2.05) is 6.20 Å². The number of hydrogen-bond donors (Lipinski definition) is 0. The normalized spacial score (nSPS) is 12.8. The molecule has 0 aliphatic rings. The van der Waals surface area contributed by atoms with Crippen molar-refractivity contribution in [3.63, 3.8) is 0 Å². The molecule has 1 heteroatoms. The maximum Gasteiger partial charge on any atom is 0.0786 e. The highest BCUT2D eigenvalue weighted by molar-refractivity contribution is 5.94. The summed E-state index contributed by atoms with van der Waals surface area (Å²) < 4.78 is 0. The van der Waals surface area contributed by atoms with E-state index >= 15 is 0 Å². The Balaban J connectivity index is 1.80. The molecular formula is C45H53N. The number of aromatic nitrogens is 1. The fourth-order valence-corrected chi connectivity index (χ4v) is 6.08. The SMILES string of the molecule is CC(C)(C)c1cccc(-c2cc(C(C)(C)C)ccc2-c2cccnc2-c2ccc(C(C)(C)C)cc2-c2cccc(C(C)(C)C)c2)c1. The summed E-state index contributed by atoms with van der Waals surface area (Å²) in [6.45, 7) is 27.5. The van der Waals surface area contributed by atoms with Gasteiger partial charge in [-0.15, -0.1) is 0 Å². The topological polar surface area (TPSA) is 12.9 Å². The van der Waals surface area contributed by atoms with E-state index < -0.39 is 0 Å². The van der Waals surface area contributed by atoms with E-state index in [2.05, 4.69) is 180 Å². The largest absolute Gasteiger partial charge is 0.256 e. The zero-order valence-electron chi connectivity index (χ0n) is 30.3. The first-order valence-corrected chi connectivity index (χ1v) is 16.8. The zero-order valence-corrected chi connectivity index (χ0v) is 30.3. The molecule has 0 atom stereocenters. The van der Waals surface area contributed by atoms with Crippen molar-refractivity contribution in [2.45, 2.75) is 105 Å². The molecule has 1 heterocycles. The highest BCUT2D eigenvalue weighted by Crippen LogP contribution is 2.44.